The average molecular weight is 450 g/mol. The number of rotatable bonds is 8. The molecule has 0 aliphatic carbocycles. The maximum atomic E-state index is 12.6. The lowest BCUT2D eigenvalue weighted by Crippen LogP contribution is -2.35. The standard InChI is InChI=1S/C23H20N4O4S/c1-31-21-13-17(27(29)30)11-12-19(21)24-22(28)15-32-23-25-18-9-5-6-10-20(18)26(23)14-16-7-3-2-4-8-16/h2-13H,14-15H2,1H3,(H,24,28)/p+1. The van der Waals surface area contributed by atoms with Gasteiger partial charge in [0.1, 0.15) is 12.3 Å². The summed E-state index contributed by atoms with van der Waals surface area (Å²) in [6, 6.07) is 22.2. The summed E-state index contributed by atoms with van der Waals surface area (Å²) >= 11 is 1.39. The summed E-state index contributed by atoms with van der Waals surface area (Å²) in [6.07, 6.45) is 0. The van der Waals surface area contributed by atoms with Crippen LogP contribution in [0.25, 0.3) is 11.0 Å². The minimum Gasteiger partial charge on any atom is -0.494 e. The van der Waals surface area contributed by atoms with E-state index in [2.05, 4.69) is 27.0 Å². The first-order valence-corrected chi connectivity index (χ1v) is 10.8. The number of hydrogen-bond donors (Lipinski definition) is 2. The van der Waals surface area contributed by atoms with Crippen molar-refractivity contribution in [1.29, 1.82) is 0 Å². The Bertz CT molecular complexity index is 1270. The van der Waals surface area contributed by atoms with Gasteiger partial charge >= 0.3 is 5.16 Å². The normalized spacial score (nSPS) is 10.8. The summed E-state index contributed by atoms with van der Waals surface area (Å²) in [5.74, 6) is 0.149. The van der Waals surface area contributed by atoms with E-state index in [1.807, 2.05) is 42.5 Å². The number of nitro groups is 1. The molecule has 0 atom stereocenters. The molecule has 0 bridgehead atoms. The molecule has 0 unspecified atom stereocenters. The average Bonchev–Trinajstić information content (AvgIpc) is 3.16. The summed E-state index contributed by atoms with van der Waals surface area (Å²) in [5, 5.41) is 14.6. The Hall–Kier alpha value is -3.85. The van der Waals surface area contributed by atoms with Crippen LogP contribution in [0.3, 0.4) is 0 Å². The van der Waals surface area contributed by atoms with Gasteiger partial charge in [-0.1, -0.05) is 42.5 Å². The number of para-hydroxylation sites is 2. The van der Waals surface area contributed by atoms with E-state index in [1.54, 1.807) is 0 Å². The van der Waals surface area contributed by atoms with Gasteiger partial charge in [-0.05, 0) is 35.5 Å². The molecule has 0 aliphatic rings. The summed E-state index contributed by atoms with van der Waals surface area (Å²) in [5.41, 5.74) is 3.48. The quantitative estimate of drug-likeness (QED) is 0.182. The molecular formula is C23H21N4O4S+. The maximum Gasteiger partial charge on any atom is 0.317 e. The molecule has 0 spiro atoms. The molecule has 1 heterocycles. The van der Waals surface area contributed by atoms with Gasteiger partial charge in [0.25, 0.3) is 5.69 Å². The van der Waals surface area contributed by atoms with E-state index >= 15 is 0 Å². The molecule has 8 nitrogen and oxygen atoms in total. The van der Waals surface area contributed by atoms with Crippen LogP contribution >= 0.6 is 11.8 Å². The number of imidazole rings is 1. The molecule has 0 saturated heterocycles. The smallest absolute Gasteiger partial charge is 0.317 e. The summed E-state index contributed by atoms with van der Waals surface area (Å²) in [7, 11) is 1.40. The summed E-state index contributed by atoms with van der Waals surface area (Å²) in [4.78, 5) is 26.4. The summed E-state index contributed by atoms with van der Waals surface area (Å²) < 4.78 is 7.34. The van der Waals surface area contributed by atoms with Gasteiger partial charge < -0.3 is 10.1 Å². The van der Waals surface area contributed by atoms with Crippen molar-refractivity contribution >= 4 is 40.1 Å². The van der Waals surface area contributed by atoms with Crippen molar-refractivity contribution in [3.63, 3.8) is 0 Å². The van der Waals surface area contributed by atoms with Gasteiger partial charge in [0.2, 0.25) is 5.91 Å². The second kappa shape index (κ2) is 9.52. The highest BCUT2D eigenvalue weighted by Crippen LogP contribution is 2.29. The van der Waals surface area contributed by atoms with E-state index in [0.717, 1.165) is 21.8 Å². The van der Waals surface area contributed by atoms with Crippen molar-refractivity contribution in [2.24, 2.45) is 0 Å². The number of fused-ring (bicyclic) bond motifs is 1. The number of benzene rings is 3. The molecule has 1 aromatic heterocycles. The second-order valence-electron chi connectivity index (χ2n) is 7.00. The number of carbonyl (C=O) groups excluding carboxylic acids is 1. The fourth-order valence-corrected chi connectivity index (χ4v) is 4.20. The topological polar surface area (TPSA) is 101 Å². The van der Waals surface area contributed by atoms with Crippen LogP contribution in [0.4, 0.5) is 11.4 Å². The number of non-ortho nitro benzene ring substituents is 1. The highest BCUT2D eigenvalue weighted by atomic mass is 32.2. The first kappa shape index (κ1) is 21.4. The Balaban J connectivity index is 1.51. The Morgan fingerprint density at radius 2 is 1.88 bits per heavy atom. The van der Waals surface area contributed by atoms with Crippen LogP contribution in [-0.2, 0) is 11.3 Å². The van der Waals surface area contributed by atoms with Crippen LogP contribution in [0.2, 0.25) is 0 Å². The van der Waals surface area contributed by atoms with Gasteiger partial charge in [0, 0.05) is 6.07 Å². The molecule has 0 fully saturated rings. The molecule has 4 aromatic rings. The third kappa shape index (κ3) is 4.73. The minimum atomic E-state index is -0.509. The highest BCUT2D eigenvalue weighted by molar-refractivity contribution is 7.99. The molecule has 2 N–H and O–H groups in total. The monoisotopic (exact) mass is 449 g/mol. The van der Waals surface area contributed by atoms with E-state index in [4.69, 9.17) is 4.74 Å². The lowest BCUT2D eigenvalue weighted by molar-refractivity contribution is -0.700. The third-order valence-corrected chi connectivity index (χ3v) is 5.88. The van der Waals surface area contributed by atoms with Crippen LogP contribution in [0.1, 0.15) is 5.56 Å². The van der Waals surface area contributed by atoms with Crippen LogP contribution in [0, 0.1) is 10.1 Å². The Kier molecular flexibility index (Phi) is 6.37. The van der Waals surface area contributed by atoms with E-state index in [0.29, 0.717) is 12.2 Å². The highest BCUT2D eigenvalue weighted by Gasteiger charge is 2.21. The molecule has 9 heteroatoms. The van der Waals surface area contributed by atoms with E-state index in [1.165, 1.54) is 37.1 Å². The number of hydrogen-bond acceptors (Lipinski definition) is 5. The van der Waals surface area contributed by atoms with Crippen LogP contribution in [0.5, 0.6) is 5.75 Å². The van der Waals surface area contributed by atoms with Gasteiger partial charge in [-0.15, -0.1) is 0 Å². The molecular weight excluding hydrogens is 428 g/mol. The van der Waals surface area contributed by atoms with Crippen molar-refractivity contribution < 1.29 is 19.0 Å². The minimum absolute atomic E-state index is 0.103. The first-order valence-electron chi connectivity index (χ1n) is 9.84. The Morgan fingerprint density at radius 3 is 2.62 bits per heavy atom. The van der Waals surface area contributed by atoms with E-state index < -0.39 is 4.92 Å². The Morgan fingerprint density at radius 1 is 1.12 bits per heavy atom. The largest absolute Gasteiger partial charge is 0.494 e. The van der Waals surface area contributed by atoms with Gasteiger partial charge in [-0.3, -0.25) is 14.9 Å². The number of aromatic nitrogens is 2. The number of amides is 1. The molecule has 4 rings (SSSR count). The van der Waals surface area contributed by atoms with Gasteiger partial charge in [-0.25, -0.2) is 9.55 Å². The fraction of sp³-hybridized carbons (Fsp3) is 0.130. The molecule has 0 saturated carbocycles. The number of carbonyl (C=O) groups is 1. The van der Waals surface area contributed by atoms with Crippen LogP contribution in [0.15, 0.2) is 78.0 Å². The number of thioether (sulfide) groups is 1. The summed E-state index contributed by atoms with van der Waals surface area (Å²) in [6.45, 7) is 0.672. The molecule has 3 aromatic carbocycles. The predicted octanol–water partition coefficient (Wildman–Crippen LogP) is 4.15. The second-order valence-corrected chi connectivity index (χ2v) is 7.96. The van der Waals surface area contributed by atoms with E-state index in [9.17, 15) is 14.9 Å². The van der Waals surface area contributed by atoms with Crippen molar-refractivity contribution in [2.45, 2.75) is 11.7 Å². The number of nitro benzene ring substituents is 1. The first-order chi connectivity index (χ1) is 15.5. The van der Waals surface area contributed by atoms with Gasteiger partial charge in [-0.2, -0.15) is 0 Å². The maximum absolute atomic E-state index is 12.6. The Labute approximate surface area is 188 Å². The third-order valence-electron chi connectivity index (χ3n) is 4.88. The van der Waals surface area contributed by atoms with Crippen LogP contribution < -0.4 is 14.6 Å². The molecule has 32 heavy (non-hydrogen) atoms. The number of nitrogens with one attached hydrogen (secondary N) is 2. The number of H-pyrrole nitrogens is 1. The zero-order valence-corrected chi connectivity index (χ0v) is 18.1. The zero-order valence-electron chi connectivity index (χ0n) is 17.3. The zero-order chi connectivity index (χ0) is 22.5. The van der Waals surface area contributed by atoms with Crippen LogP contribution in [-0.4, -0.2) is 28.7 Å². The number of anilines is 1. The van der Waals surface area contributed by atoms with Gasteiger partial charge in [0.05, 0.1) is 29.5 Å². The fourth-order valence-electron chi connectivity index (χ4n) is 3.36. The lowest BCUT2D eigenvalue weighted by atomic mass is 10.2. The molecule has 0 aliphatic heterocycles. The molecule has 1 amide bonds. The van der Waals surface area contributed by atoms with Gasteiger partial charge in [0.15, 0.2) is 11.0 Å². The number of methoxy groups -OCH3 is 1. The number of ether oxygens (including phenoxy) is 1. The molecule has 162 valence electrons. The SMILES string of the molecule is COc1cc([N+](=O)[O-])ccc1NC(=O)CSc1[nH]c2ccccc2[n+]1Cc1ccccc1. The van der Waals surface area contributed by atoms with Crippen molar-refractivity contribution in [2.75, 3.05) is 18.2 Å². The van der Waals surface area contributed by atoms with Crippen molar-refractivity contribution in [1.82, 2.24) is 4.98 Å². The van der Waals surface area contributed by atoms with Crippen molar-refractivity contribution in [3.8, 4) is 5.75 Å². The molecule has 0 radical (unpaired) electrons. The van der Waals surface area contributed by atoms with Crippen molar-refractivity contribution in [3.05, 3.63) is 88.5 Å². The lowest BCUT2D eigenvalue weighted by Gasteiger charge is -2.09. The number of nitrogens with zero attached hydrogens (tertiary/aromatic N) is 2. The van der Waals surface area contributed by atoms with E-state index in [-0.39, 0.29) is 23.1 Å². The number of aromatic amines is 1. The predicted molar refractivity (Wildman–Crippen MR) is 123 cm³/mol.